The van der Waals surface area contributed by atoms with Crippen molar-refractivity contribution in [1.82, 2.24) is 5.32 Å². The van der Waals surface area contributed by atoms with Gasteiger partial charge in [0, 0.05) is 18.7 Å². The van der Waals surface area contributed by atoms with Crippen LogP contribution in [-0.2, 0) is 4.74 Å². The molecule has 2 fully saturated rings. The lowest BCUT2D eigenvalue weighted by Crippen LogP contribution is -2.49. The van der Waals surface area contributed by atoms with Crippen molar-refractivity contribution in [2.75, 3.05) is 30.3 Å². The molecule has 5 heteroatoms. The number of ether oxygens (including phenoxy) is 1. The first-order valence-electron chi connectivity index (χ1n) is 7.76. The molecule has 2 unspecified atom stereocenters. The molecule has 1 saturated carbocycles. The Hall–Kier alpha value is -1.75. The van der Waals surface area contributed by atoms with E-state index in [-0.39, 0.29) is 5.91 Å². The molecule has 2 atom stereocenters. The van der Waals surface area contributed by atoms with Gasteiger partial charge in [-0.2, -0.15) is 0 Å². The summed E-state index contributed by atoms with van der Waals surface area (Å²) in [5.41, 5.74) is 8.53. The van der Waals surface area contributed by atoms with Crippen LogP contribution >= 0.6 is 0 Å². The molecule has 1 aromatic rings. The summed E-state index contributed by atoms with van der Waals surface area (Å²) in [6.45, 7) is 4.11. The average molecular weight is 289 g/mol. The first-order valence-corrected chi connectivity index (χ1v) is 7.76. The number of nitrogens with one attached hydrogen (secondary N) is 1. The van der Waals surface area contributed by atoms with Crippen molar-refractivity contribution in [3.05, 3.63) is 23.8 Å². The third-order valence-corrected chi connectivity index (χ3v) is 4.42. The third kappa shape index (κ3) is 2.70. The molecular weight excluding hydrogens is 266 g/mol. The Bertz CT molecular complexity index is 532. The smallest absolute Gasteiger partial charge is 0.251 e. The number of nitrogen functional groups attached to an aromatic ring is 1. The van der Waals surface area contributed by atoms with Gasteiger partial charge in [0.05, 0.1) is 30.1 Å². The summed E-state index contributed by atoms with van der Waals surface area (Å²) in [6.07, 6.45) is 3.76. The van der Waals surface area contributed by atoms with E-state index in [9.17, 15) is 4.79 Å². The number of carbonyl (C=O) groups is 1. The summed E-state index contributed by atoms with van der Waals surface area (Å²) in [4.78, 5) is 14.4. The Morgan fingerprint density at radius 1 is 1.48 bits per heavy atom. The van der Waals surface area contributed by atoms with Crippen LogP contribution in [0, 0.1) is 0 Å². The molecule has 1 aromatic carbocycles. The number of morpholine rings is 1. The molecule has 1 amide bonds. The highest BCUT2D eigenvalue weighted by molar-refractivity contribution is 5.96. The van der Waals surface area contributed by atoms with Crippen molar-refractivity contribution >= 4 is 17.3 Å². The lowest BCUT2D eigenvalue weighted by Gasteiger charge is -2.40. The first-order chi connectivity index (χ1) is 10.2. The van der Waals surface area contributed by atoms with Gasteiger partial charge >= 0.3 is 0 Å². The Balaban J connectivity index is 1.89. The predicted molar refractivity (Wildman–Crippen MR) is 83.6 cm³/mol. The Labute approximate surface area is 125 Å². The molecule has 3 N–H and O–H groups in total. The highest BCUT2D eigenvalue weighted by Gasteiger charge is 2.36. The van der Waals surface area contributed by atoms with Crippen molar-refractivity contribution in [2.24, 2.45) is 0 Å². The summed E-state index contributed by atoms with van der Waals surface area (Å²) >= 11 is 0. The molecule has 0 spiro atoms. The topological polar surface area (TPSA) is 67.6 Å². The fourth-order valence-corrected chi connectivity index (χ4v) is 3.42. The van der Waals surface area contributed by atoms with Crippen LogP contribution in [0.25, 0.3) is 0 Å². The molecule has 1 aliphatic carbocycles. The SMILES string of the molecule is CCNC(=O)c1ccc(N)c(N2CCOC3CCCC32)c1. The van der Waals surface area contributed by atoms with Gasteiger partial charge in [-0.25, -0.2) is 0 Å². The summed E-state index contributed by atoms with van der Waals surface area (Å²) in [5, 5.41) is 2.83. The summed E-state index contributed by atoms with van der Waals surface area (Å²) in [7, 11) is 0. The number of benzene rings is 1. The number of carbonyl (C=O) groups excluding carboxylic acids is 1. The van der Waals surface area contributed by atoms with Crippen LogP contribution < -0.4 is 16.0 Å². The number of fused-ring (bicyclic) bond motifs is 1. The highest BCUT2D eigenvalue weighted by Crippen LogP contribution is 2.36. The van der Waals surface area contributed by atoms with E-state index in [2.05, 4.69) is 10.2 Å². The van der Waals surface area contributed by atoms with E-state index >= 15 is 0 Å². The van der Waals surface area contributed by atoms with Crippen LogP contribution in [0.15, 0.2) is 18.2 Å². The van der Waals surface area contributed by atoms with E-state index in [1.54, 1.807) is 6.07 Å². The highest BCUT2D eigenvalue weighted by atomic mass is 16.5. The molecule has 1 saturated heterocycles. The fraction of sp³-hybridized carbons (Fsp3) is 0.562. The maximum Gasteiger partial charge on any atom is 0.251 e. The minimum absolute atomic E-state index is 0.0463. The second-order valence-corrected chi connectivity index (χ2v) is 5.73. The van der Waals surface area contributed by atoms with Gasteiger partial charge in [-0.15, -0.1) is 0 Å². The second kappa shape index (κ2) is 5.93. The van der Waals surface area contributed by atoms with Gasteiger partial charge in [-0.3, -0.25) is 4.79 Å². The van der Waals surface area contributed by atoms with Gasteiger partial charge in [-0.05, 0) is 44.4 Å². The first kappa shape index (κ1) is 14.2. The summed E-state index contributed by atoms with van der Waals surface area (Å²) in [5.74, 6) is -0.0463. The Kier molecular flexibility index (Phi) is 4.01. The lowest BCUT2D eigenvalue weighted by molar-refractivity contribution is 0.0257. The van der Waals surface area contributed by atoms with Gasteiger partial charge < -0.3 is 20.7 Å². The number of nitrogens with zero attached hydrogens (tertiary/aromatic N) is 1. The maximum atomic E-state index is 12.0. The van der Waals surface area contributed by atoms with Crippen molar-refractivity contribution in [3.8, 4) is 0 Å². The van der Waals surface area contributed by atoms with Crippen LogP contribution in [0.1, 0.15) is 36.5 Å². The average Bonchev–Trinajstić information content (AvgIpc) is 2.96. The number of hydrogen-bond acceptors (Lipinski definition) is 4. The molecule has 5 nitrogen and oxygen atoms in total. The molecule has 21 heavy (non-hydrogen) atoms. The zero-order valence-corrected chi connectivity index (χ0v) is 12.5. The largest absolute Gasteiger partial charge is 0.397 e. The minimum Gasteiger partial charge on any atom is -0.397 e. The van der Waals surface area contributed by atoms with E-state index in [4.69, 9.17) is 10.5 Å². The molecular formula is C16H23N3O2. The standard InChI is InChI=1S/C16H23N3O2/c1-2-18-16(20)11-6-7-12(17)14(10-11)19-8-9-21-15-5-3-4-13(15)19/h6-7,10,13,15H,2-5,8-9,17H2,1H3,(H,18,20). The van der Waals surface area contributed by atoms with E-state index in [0.29, 0.717) is 24.3 Å². The molecule has 2 aliphatic rings. The van der Waals surface area contributed by atoms with E-state index in [0.717, 1.165) is 37.4 Å². The molecule has 3 rings (SSSR count). The number of anilines is 2. The fourth-order valence-electron chi connectivity index (χ4n) is 3.42. The number of amides is 1. The van der Waals surface area contributed by atoms with Crippen LogP contribution in [0.4, 0.5) is 11.4 Å². The normalized spacial score (nSPS) is 24.7. The van der Waals surface area contributed by atoms with Gasteiger partial charge in [0.2, 0.25) is 0 Å². The van der Waals surface area contributed by atoms with E-state index in [1.165, 1.54) is 6.42 Å². The zero-order chi connectivity index (χ0) is 14.8. The summed E-state index contributed by atoms with van der Waals surface area (Å²) < 4.78 is 5.85. The predicted octanol–water partition coefficient (Wildman–Crippen LogP) is 1.78. The maximum absolute atomic E-state index is 12.0. The van der Waals surface area contributed by atoms with Gasteiger partial charge in [-0.1, -0.05) is 0 Å². The van der Waals surface area contributed by atoms with Crippen LogP contribution in [0.5, 0.6) is 0 Å². The van der Waals surface area contributed by atoms with Crippen LogP contribution in [-0.4, -0.2) is 37.7 Å². The Morgan fingerprint density at radius 2 is 2.33 bits per heavy atom. The van der Waals surface area contributed by atoms with E-state index < -0.39 is 0 Å². The molecule has 0 bridgehead atoms. The lowest BCUT2D eigenvalue weighted by atomic mass is 10.1. The number of hydrogen-bond donors (Lipinski definition) is 2. The molecule has 1 heterocycles. The number of nitrogens with two attached hydrogens (primary N) is 1. The molecule has 1 aliphatic heterocycles. The van der Waals surface area contributed by atoms with Crippen LogP contribution in [0.2, 0.25) is 0 Å². The monoisotopic (exact) mass is 289 g/mol. The quantitative estimate of drug-likeness (QED) is 0.832. The van der Waals surface area contributed by atoms with Crippen molar-refractivity contribution < 1.29 is 9.53 Å². The van der Waals surface area contributed by atoms with Crippen molar-refractivity contribution in [3.63, 3.8) is 0 Å². The van der Waals surface area contributed by atoms with Gasteiger partial charge in [0.25, 0.3) is 5.91 Å². The number of rotatable bonds is 3. The second-order valence-electron chi connectivity index (χ2n) is 5.73. The third-order valence-electron chi connectivity index (χ3n) is 4.42. The summed E-state index contributed by atoms with van der Waals surface area (Å²) in [6, 6.07) is 5.93. The Morgan fingerprint density at radius 3 is 3.14 bits per heavy atom. The molecule has 0 aromatic heterocycles. The van der Waals surface area contributed by atoms with Crippen LogP contribution in [0.3, 0.4) is 0 Å². The minimum atomic E-state index is -0.0463. The molecule has 114 valence electrons. The van der Waals surface area contributed by atoms with Gasteiger partial charge in [0.1, 0.15) is 0 Å². The molecule has 0 radical (unpaired) electrons. The zero-order valence-electron chi connectivity index (χ0n) is 12.5. The van der Waals surface area contributed by atoms with Crippen molar-refractivity contribution in [1.29, 1.82) is 0 Å². The van der Waals surface area contributed by atoms with E-state index in [1.807, 2.05) is 19.1 Å². The van der Waals surface area contributed by atoms with Crippen molar-refractivity contribution in [2.45, 2.75) is 38.3 Å². The van der Waals surface area contributed by atoms with Gasteiger partial charge in [0.15, 0.2) is 0 Å².